The molecule has 1 saturated heterocycles. The zero-order valence-corrected chi connectivity index (χ0v) is 19.4. The fraction of sp³-hybridized carbons (Fsp3) is 0.308. The second-order valence-corrected chi connectivity index (χ2v) is 10.2. The molecule has 5 nitrogen and oxygen atoms in total. The molecule has 0 radical (unpaired) electrons. The van der Waals surface area contributed by atoms with E-state index >= 15 is 0 Å². The molecule has 1 aliphatic rings. The Morgan fingerprint density at radius 3 is 2.53 bits per heavy atom. The van der Waals surface area contributed by atoms with Gasteiger partial charge < -0.3 is 9.29 Å². The van der Waals surface area contributed by atoms with Crippen molar-refractivity contribution >= 4 is 10.4 Å². The number of hydrogen-bond donors (Lipinski definition) is 1. The van der Waals surface area contributed by atoms with Gasteiger partial charge in [-0.3, -0.25) is 4.90 Å². The number of piperidine rings is 1. The maximum Gasteiger partial charge on any atom is 0.175 e. The van der Waals surface area contributed by atoms with Crippen molar-refractivity contribution in [3.63, 3.8) is 0 Å². The quantitative estimate of drug-likeness (QED) is 0.524. The van der Waals surface area contributed by atoms with E-state index in [-0.39, 0.29) is 6.04 Å². The molecule has 4 rings (SSSR count). The summed E-state index contributed by atoms with van der Waals surface area (Å²) in [4.78, 5) is 2.65. The summed E-state index contributed by atoms with van der Waals surface area (Å²) in [5, 5.41) is 0. The Balaban J connectivity index is 1.37. The van der Waals surface area contributed by atoms with Crippen LogP contribution in [-0.2, 0) is 21.2 Å². The van der Waals surface area contributed by atoms with Crippen molar-refractivity contribution in [1.29, 1.82) is 0 Å². The van der Waals surface area contributed by atoms with Crippen LogP contribution in [0.1, 0.15) is 24.0 Å². The molecule has 2 unspecified atom stereocenters. The van der Waals surface area contributed by atoms with Crippen LogP contribution in [0.3, 0.4) is 0 Å². The number of sulfonamides is 1. The predicted molar refractivity (Wildman–Crippen MR) is 128 cm³/mol. The highest BCUT2D eigenvalue weighted by molar-refractivity contribution is 7.95. The number of aryl methyl sites for hydroxylation is 1. The summed E-state index contributed by atoms with van der Waals surface area (Å²) in [5.41, 5.74) is 4.54. The third-order valence-corrected chi connectivity index (χ3v) is 7.46. The van der Waals surface area contributed by atoms with E-state index in [2.05, 4.69) is 40.0 Å². The first-order chi connectivity index (χ1) is 15.4. The molecule has 1 N–H and O–H groups in total. The van der Waals surface area contributed by atoms with Gasteiger partial charge in [0.15, 0.2) is 15.3 Å². The fourth-order valence-corrected chi connectivity index (χ4v) is 5.43. The van der Waals surface area contributed by atoms with Gasteiger partial charge in [0.1, 0.15) is 5.75 Å². The van der Waals surface area contributed by atoms with Crippen LogP contribution >= 0.6 is 0 Å². The molecule has 0 saturated carbocycles. The van der Waals surface area contributed by atoms with E-state index in [0.717, 1.165) is 48.4 Å². The highest BCUT2D eigenvalue weighted by Crippen LogP contribution is 2.25. The number of nitrogens with one attached hydrogen (secondary N) is 1. The van der Waals surface area contributed by atoms with Gasteiger partial charge in [-0.1, -0.05) is 58.3 Å². The van der Waals surface area contributed by atoms with Crippen molar-refractivity contribution in [2.75, 3.05) is 20.2 Å². The number of ether oxygens (including phenoxy) is 1. The summed E-state index contributed by atoms with van der Waals surface area (Å²) < 4.78 is 33.7. The smallest absolute Gasteiger partial charge is 0.175 e. The van der Waals surface area contributed by atoms with E-state index in [0.29, 0.717) is 11.4 Å². The first-order valence-corrected chi connectivity index (χ1v) is 12.5. The van der Waals surface area contributed by atoms with Crippen molar-refractivity contribution in [2.24, 2.45) is 0 Å². The summed E-state index contributed by atoms with van der Waals surface area (Å²) in [6, 6.07) is 23.5. The minimum atomic E-state index is -3.50. The lowest BCUT2D eigenvalue weighted by molar-refractivity contribution is 0.193. The van der Waals surface area contributed by atoms with Gasteiger partial charge in [-0.05, 0) is 67.3 Å². The Labute approximate surface area is 191 Å². The first kappa shape index (κ1) is 22.7. The van der Waals surface area contributed by atoms with E-state index in [1.807, 2.05) is 37.3 Å². The molecule has 1 aliphatic heterocycles. The second-order valence-electron chi connectivity index (χ2n) is 8.44. The van der Waals surface area contributed by atoms with Crippen LogP contribution in [0.15, 0.2) is 77.7 Å². The fourth-order valence-electron chi connectivity index (χ4n) is 4.16. The van der Waals surface area contributed by atoms with Gasteiger partial charge in [0, 0.05) is 13.1 Å². The van der Waals surface area contributed by atoms with Crippen LogP contribution in [0.4, 0.5) is 0 Å². The number of likely N-dealkylation sites (tertiary alicyclic amines) is 1. The van der Waals surface area contributed by atoms with E-state index < -0.39 is 10.4 Å². The number of methoxy groups -OCH3 is 1. The molecule has 2 atom stereocenters. The van der Waals surface area contributed by atoms with Crippen LogP contribution in [0.5, 0.6) is 5.75 Å². The number of rotatable bonds is 7. The molecule has 0 spiro atoms. The van der Waals surface area contributed by atoms with E-state index in [1.165, 1.54) is 5.56 Å². The van der Waals surface area contributed by atoms with Gasteiger partial charge in [0.25, 0.3) is 0 Å². The van der Waals surface area contributed by atoms with Crippen molar-refractivity contribution < 1.29 is 13.5 Å². The summed E-state index contributed by atoms with van der Waals surface area (Å²) >= 11 is 0. The molecule has 3 aromatic carbocycles. The van der Waals surface area contributed by atoms with Crippen LogP contribution < -0.4 is 9.46 Å². The zero-order valence-electron chi connectivity index (χ0n) is 18.6. The largest absolute Gasteiger partial charge is 0.593 e. The van der Waals surface area contributed by atoms with E-state index in [4.69, 9.17) is 4.74 Å². The molecule has 168 valence electrons. The van der Waals surface area contributed by atoms with Crippen LogP contribution in [-0.4, -0.2) is 35.7 Å². The minimum absolute atomic E-state index is 0.0777. The highest BCUT2D eigenvalue weighted by Gasteiger charge is 2.28. The lowest BCUT2D eigenvalue weighted by atomic mass is 10.0. The van der Waals surface area contributed by atoms with E-state index in [9.17, 15) is 8.76 Å². The van der Waals surface area contributed by atoms with Gasteiger partial charge in [-0.2, -0.15) is 0 Å². The summed E-state index contributed by atoms with van der Waals surface area (Å²) in [6.45, 7) is 4.44. The Hall–Kier alpha value is -2.51. The number of nitrogens with zero attached hydrogens (tertiary/aromatic N) is 1. The molecular formula is C26H30N2O3S. The van der Waals surface area contributed by atoms with Gasteiger partial charge in [0.2, 0.25) is 0 Å². The highest BCUT2D eigenvalue weighted by atomic mass is 32.3. The van der Waals surface area contributed by atoms with Crippen LogP contribution in [0.2, 0.25) is 0 Å². The SMILES string of the molecule is COc1cccc(-c2ccc(CN3CCCC(N[S+](=O)([O-])c4ccc(C)cc4)C3)cc2)c1. The third-order valence-electron chi connectivity index (χ3n) is 5.92. The number of hydrogen-bond acceptors (Lipinski definition) is 4. The lowest BCUT2D eigenvalue weighted by Crippen LogP contribution is -2.49. The van der Waals surface area contributed by atoms with Crippen LogP contribution in [0, 0.1) is 6.92 Å². The predicted octanol–water partition coefficient (Wildman–Crippen LogP) is 4.83. The van der Waals surface area contributed by atoms with Crippen molar-refractivity contribution in [2.45, 2.75) is 37.2 Å². The van der Waals surface area contributed by atoms with Gasteiger partial charge in [-0.25, -0.2) is 0 Å². The average molecular weight is 451 g/mol. The molecule has 0 bridgehead atoms. The Bertz CT molecular complexity index is 1080. The molecule has 32 heavy (non-hydrogen) atoms. The average Bonchev–Trinajstić information content (AvgIpc) is 2.80. The Morgan fingerprint density at radius 1 is 1.06 bits per heavy atom. The number of benzene rings is 3. The molecule has 1 heterocycles. The normalized spacial score (nSPS) is 18.8. The molecule has 6 heteroatoms. The van der Waals surface area contributed by atoms with Crippen LogP contribution in [0.25, 0.3) is 11.1 Å². The second kappa shape index (κ2) is 9.96. The Kier molecular flexibility index (Phi) is 7.06. The first-order valence-electron chi connectivity index (χ1n) is 11.0. The molecular weight excluding hydrogens is 420 g/mol. The molecule has 1 fully saturated rings. The van der Waals surface area contributed by atoms with Gasteiger partial charge in [0.05, 0.1) is 13.2 Å². The minimum Gasteiger partial charge on any atom is -0.593 e. The topological polar surface area (TPSA) is 64.6 Å². The standard InChI is InChI=1S/C26H30N2O3S/c1-20-8-14-26(15-9-20)32(29,30)27-24-6-4-16-28(19-24)18-21-10-12-22(13-11-21)23-5-3-7-25(17-23)31-2/h3,5,7-15,17,24H,4,6,16,18-19H2,1-2H3,(H-,27,29,30). The molecule has 0 aromatic heterocycles. The van der Waals surface area contributed by atoms with Gasteiger partial charge in [-0.15, -0.1) is 4.72 Å². The molecule has 0 aliphatic carbocycles. The van der Waals surface area contributed by atoms with E-state index in [1.54, 1.807) is 19.2 Å². The molecule has 0 amide bonds. The van der Waals surface area contributed by atoms with Crippen molar-refractivity contribution in [3.8, 4) is 16.9 Å². The Morgan fingerprint density at radius 2 is 1.81 bits per heavy atom. The van der Waals surface area contributed by atoms with Crippen molar-refractivity contribution in [3.05, 3.63) is 83.9 Å². The maximum atomic E-state index is 12.8. The van der Waals surface area contributed by atoms with Gasteiger partial charge >= 0.3 is 0 Å². The molecule has 3 aromatic rings. The third kappa shape index (κ3) is 5.64. The summed E-state index contributed by atoms with van der Waals surface area (Å²) in [7, 11) is -1.83. The monoisotopic (exact) mass is 450 g/mol. The van der Waals surface area contributed by atoms with Crippen molar-refractivity contribution in [1.82, 2.24) is 9.62 Å². The lowest BCUT2D eigenvalue weighted by Gasteiger charge is -2.33. The summed E-state index contributed by atoms with van der Waals surface area (Å²) in [6.07, 6.45) is 1.83. The zero-order chi connectivity index (χ0) is 22.6. The summed E-state index contributed by atoms with van der Waals surface area (Å²) in [5.74, 6) is 0.846. The maximum absolute atomic E-state index is 12.8.